The van der Waals surface area contributed by atoms with Crippen LogP contribution in [0.2, 0.25) is 0 Å². The zero-order valence-electron chi connectivity index (χ0n) is 41.8. The zero-order chi connectivity index (χ0) is 41.9. The van der Waals surface area contributed by atoms with Crippen molar-refractivity contribution < 1.29 is 0 Å². The SMILES string of the molecule is C1CCC(C2CCC(N(C3CCC4CC5CC6CCCCC6C(C6CC7CCCCC7C6)C5C4C3)C3CCC4C(C3)C3CCCCC3C43C4CCCCC4C4CCCCC43)CC2)CC1. The highest BCUT2D eigenvalue weighted by Crippen LogP contribution is 2.78. The Morgan fingerprint density at radius 1 is 0.219 bits per heavy atom. The van der Waals surface area contributed by atoms with E-state index in [0.29, 0.717) is 0 Å². The summed E-state index contributed by atoms with van der Waals surface area (Å²) in [5, 5.41) is 0. The normalized spacial score (nSPS) is 56.0. The Labute approximate surface area is 395 Å². The largest absolute Gasteiger partial charge is 0.294 e. The van der Waals surface area contributed by atoms with E-state index in [2.05, 4.69) is 4.90 Å². The fourth-order valence-electron chi connectivity index (χ4n) is 25.9. The van der Waals surface area contributed by atoms with E-state index < -0.39 is 0 Å². The Balaban J connectivity index is 0.775. The van der Waals surface area contributed by atoms with Crippen molar-refractivity contribution in [2.45, 2.75) is 269 Å². The van der Waals surface area contributed by atoms with Gasteiger partial charge in [-0.2, -0.15) is 0 Å². The molecule has 14 rings (SSSR count). The fourth-order valence-corrected chi connectivity index (χ4v) is 25.9. The third kappa shape index (κ3) is 6.88. The van der Waals surface area contributed by atoms with Gasteiger partial charge in [-0.3, -0.25) is 4.90 Å². The second-order valence-corrected chi connectivity index (χ2v) is 28.8. The summed E-state index contributed by atoms with van der Waals surface area (Å²) in [5.41, 5.74) is 0.779. The Morgan fingerprint density at radius 3 is 1.22 bits per heavy atom. The smallest absolute Gasteiger partial charge is 0.0104 e. The molecular weight excluding hydrogens is 771 g/mol. The minimum absolute atomic E-state index is 0.779. The van der Waals surface area contributed by atoms with Crippen molar-refractivity contribution in [1.82, 2.24) is 4.90 Å². The lowest BCUT2D eigenvalue weighted by Gasteiger charge is -2.55. The van der Waals surface area contributed by atoms with E-state index in [-0.39, 0.29) is 0 Å². The first-order chi connectivity index (χ1) is 31.7. The quantitative estimate of drug-likeness (QED) is 0.266. The topological polar surface area (TPSA) is 3.24 Å². The molecular formula is C63H101N. The number of hydrogen-bond acceptors (Lipinski definition) is 1. The van der Waals surface area contributed by atoms with Crippen molar-refractivity contribution in [3.63, 3.8) is 0 Å². The minimum atomic E-state index is 0.779. The number of fused-ring (bicyclic) bond motifs is 15. The molecule has 0 N–H and O–H groups in total. The van der Waals surface area contributed by atoms with Crippen molar-refractivity contribution in [3.05, 3.63) is 0 Å². The molecule has 1 heteroatoms. The lowest BCUT2D eigenvalue weighted by atomic mass is 9.53. The third-order valence-electron chi connectivity index (χ3n) is 27.3. The highest BCUT2D eigenvalue weighted by atomic mass is 15.2. The van der Waals surface area contributed by atoms with Crippen LogP contribution in [0.15, 0.2) is 0 Å². The second kappa shape index (κ2) is 17.7. The van der Waals surface area contributed by atoms with E-state index in [1.807, 2.05) is 0 Å². The maximum Gasteiger partial charge on any atom is 0.0104 e. The van der Waals surface area contributed by atoms with Crippen molar-refractivity contribution in [2.24, 2.45) is 124 Å². The van der Waals surface area contributed by atoms with E-state index in [4.69, 9.17) is 0 Å². The van der Waals surface area contributed by atoms with Gasteiger partial charge in [-0.25, -0.2) is 0 Å². The Morgan fingerprint density at radius 2 is 0.594 bits per heavy atom. The summed E-state index contributed by atoms with van der Waals surface area (Å²) in [7, 11) is 0. The molecule has 1 nitrogen and oxygen atoms in total. The molecule has 0 aliphatic heterocycles. The van der Waals surface area contributed by atoms with Crippen LogP contribution in [0.1, 0.15) is 250 Å². The van der Waals surface area contributed by atoms with Gasteiger partial charge in [0, 0.05) is 18.1 Å². The molecule has 358 valence electrons. The number of nitrogens with zero attached hydrogens (tertiary/aromatic N) is 1. The number of hydrogen-bond donors (Lipinski definition) is 0. The molecule has 0 aromatic carbocycles. The van der Waals surface area contributed by atoms with Crippen LogP contribution < -0.4 is 0 Å². The van der Waals surface area contributed by atoms with Crippen molar-refractivity contribution in [1.29, 1.82) is 0 Å². The summed E-state index contributed by atoms with van der Waals surface area (Å²) >= 11 is 0. The summed E-state index contributed by atoms with van der Waals surface area (Å²) in [6.07, 6.45) is 62.9. The van der Waals surface area contributed by atoms with E-state index in [0.717, 1.165) is 142 Å². The van der Waals surface area contributed by atoms with Gasteiger partial charge in [-0.15, -0.1) is 0 Å². The first-order valence-corrected chi connectivity index (χ1v) is 31.5. The molecule has 14 saturated carbocycles. The van der Waals surface area contributed by atoms with Gasteiger partial charge in [0.25, 0.3) is 0 Å². The van der Waals surface area contributed by atoms with Crippen LogP contribution in [0.5, 0.6) is 0 Å². The first-order valence-electron chi connectivity index (χ1n) is 31.5. The van der Waals surface area contributed by atoms with E-state index in [1.54, 1.807) is 244 Å². The van der Waals surface area contributed by atoms with Crippen LogP contribution in [-0.2, 0) is 0 Å². The summed E-state index contributed by atoms with van der Waals surface area (Å²) in [5.74, 6) is 22.4. The Hall–Kier alpha value is -0.0400. The Bertz CT molecular complexity index is 1560. The zero-order valence-corrected chi connectivity index (χ0v) is 41.8. The maximum absolute atomic E-state index is 3.59. The molecule has 1 spiro atoms. The molecule has 0 heterocycles. The van der Waals surface area contributed by atoms with Gasteiger partial charge in [0.05, 0.1) is 0 Å². The maximum atomic E-state index is 3.59. The summed E-state index contributed by atoms with van der Waals surface area (Å²) in [6, 6.07) is 2.79. The fraction of sp³-hybridized carbons (Fsp3) is 1.00. The average Bonchev–Trinajstić information content (AvgIpc) is 4.11. The van der Waals surface area contributed by atoms with Crippen LogP contribution in [0, 0.1) is 124 Å². The van der Waals surface area contributed by atoms with Gasteiger partial charge >= 0.3 is 0 Å². The predicted octanol–water partition coefficient (Wildman–Crippen LogP) is 17.1. The van der Waals surface area contributed by atoms with Crippen LogP contribution in [0.3, 0.4) is 0 Å². The molecule has 14 aliphatic rings. The van der Waals surface area contributed by atoms with Gasteiger partial charge in [-0.05, 0) is 259 Å². The molecule has 14 aliphatic carbocycles. The van der Waals surface area contributed by atoms with Gasteiger partial charge in [0.2, 0.25) is 0 Å². The predicted molar refractivity (Wildman–Crippen MR) is 265 cm³/mol. The van der Waals surface area contributed by atoms with Crippen LogP contribution in [0.4, 0.5) is 0 Å². The summed E-state index contributed by atoms with van der Waals surface area (Å²) in [6.45, 7) is 0. The lowest BCUT2D eigenvalue weighted by molar-refractivity contribution is -0.0660. The molecule has 0 aromatic heterocycles. The van der Waals surface area contributed by atoms with Crippen LogP contribution >= 0.6 is 0 Å². The lowest BCUT2D eigenvalue weighted by Crippen LogP contribution is -2.56. The summed E-state index contributed by atoms with van der Waals surface area (Å²) < 4.78 is 0. The molecule has 64 heavy (non-hydrogen) atoms. The van der Waals surface area contributed by atoms with Gasteiger partial charge < -0.3 is 0 Å². The monoisotopic (exact) mass is 872 g/mol. The highest BCUT2D eigenvalue weighted by molar-refractivity contribution is 5.20. The van der Waals surface area contributed by atoms with E-state index in [9.17, 15) is 0 Å². The minimum Gasteiger partial charge on any atom is -0.294 e. The molecule has 19 unspecified atom stereocenters. The van der Waals surface area contributed by atoms with Crippen molar-refractivity contribution in [3.8, 4) is 0 Å². The first kappa shape index (κ1) is 42.8. The third-order valence-corrected chi connectivity index (χ3v) is 27.3. The van der Waals surface area contributed by atoms with Gasteiger partial charge in [0.1, 0.15) is 0 Å². The van der Waals surface area contributed by atoms with Crippen molar-refractivity contribution in [2.75, 3.05) is 0 Å². The second-order valence-electron chi connectivity index (χ2n) is 28.8. The van der Waals surface area contributed by atoms with Crippen molar-refractivity contribution >= 4 is 0 Å². The molecule has 0 radical (unpaired) electrons. The van der Waals surface area contributed by atoms with Crippen LogP contribution in [-0.4, -0.2) is 23.0 Å². The van der Waals surface area contributed by atoms with Gasteiger partial charge in [-0.1, -0.05) is 116 Å². The molecule has 0 saturated heterocycles. The molecule has 19 atom stereocenters. The van der Waals surface area contributed by atoms with E-state index >= 15 is 0 Å². The molecule has 14 fully saturated rings. The summed E-state index contributed by atoms with van der Waals surface area (Å²) in [4.78, 5) is 3.59. The highest BCUT2D eigenvalue weighted by Gasteiger charge is 2.72. The van der Waals surface area contributed by atoms with E-state index in [1.165, 1.54) is 6.42 Å². The Kier molecular flexibility index (Phi) is 11.8. The average molecular weight is 873 g/mol. The molecule has 0 aromatic rings. The van der Waals surface area contributed by atoms with Crippen LogP contribution in [0.25, 0.3) is 0 Å². The van der Waals surface area contributed by atoms with Gasteiger partial charge in [0.15, 0.2) is 0 Å². The molecule has 0 bridgehead atoms. The number of rotatable bonds is 5. The standard InChI is InChI=1S/C63H101N/c1-2-14-40(15-3-1)41-26-29-48(30-27-41)64(50-32-33-60-56(39-50)54-22-10-13-25-59(54)63(60)57-23-11-8-20-52(57)53-21-9-12-24-58(53)63)49-31-28-45-37-47-36-44-18-6-7-19-51(44)61(62(47)55(45)38-49)46-34-42-16-4-5-17-43(42)35-46/h40-62H,1-39H2. The molecule has 0 amide bonds.